The van der Waals surface area contributed by atoms with Crippen LogP contribution in [0.4, 0.5) is 0 Å². The van der Waals surface area contributed by atoms with Crippen LogP contribution in [0.1, 0.15) is 39.5 Å². The summed E-state index contributed by atoms with van der Waals surface area (Å²) >= 11 is 5.62. The van der Waals surface area contributed by atoms with Crippen LogP contribution in [0, 0.1) is 5.41 Å². The molecule has 0 aromatic rings. The fraction of sp³-hybridized carbons (Fsp3) is 1.00. The molecule has 0 aliphatic heterocycles. The minimum atomic E-state index is -3.03. The highest BCUT2D eigenvalue weighted by Crippen LogP contribution is 2.28. The van der Waals surface area contributed by atoms with Crippen LogP contribution >= 0.6 is 11.6 Å². The summed E-state index contributed by atoms with van der Waals surface area (Å²) in [5.74, 6) is 0.638. The van der Waals surface area contributed by atoms with E-state index in [4.69, 9.17) is 11.6 Å². The van der Waals surface area contributed by atoms with Gasteiger partial charge in [0.15, 0.2) is 0 Å². The minimum Gasteiger partial charge on any atom is -0.214 e. The van der Waals surface area contributed by atoms with Crippen molar-refractivity contribution in [2.75, 3.05) is 12.4 Å². The second kappa shape index (κ2) is 5.02. The van der Waals surface area contributed by atoms with Crippen LogP contribution in [0.2, 0.25) is 0 Å². The van der Waals surface area contributed by atoms with Crippen molar-refractivity contribution in [1.29, 1.82) is 0 Å². The second-order valence-corrected chi connectivity index (χ2v) is 7.45. The van der Waals surface area contributed by atoms with Crippen molar-refractivity contribution in [3.63, 3.8) is 0 Å². The number of halogens is 1. The van der Waals surface area contributed by atoms with Gasteiger partial charge in [0.1, 0.15) is 0 Å². The molecule has 0 heterocycles. The molecule has 5 heteroatoms. The molecule has 0 saturated heterocycles. The van der Waals surface area contributed by atoms with Gasteiger partial charge < -0.3 is 0 Å². The van der Waals surface area contributed by atoms with Crippen molar-refractivity contribution in [2.45, 2.75) is 44.8 Å². The average molecular weight is 254 g/mol. The van der Waals surface area contributed by atoms with Gasteiger partial charge >= 0.3 is 0 Å². The Labute approximate surface area is 97.6 Å². The first-order chi connectivity index (χ1) is 6.87. The number of hydrogen-bond donors (Lipinski definition) is 1. The van der Waals surface area contributed by atoms with E-state index in [2.05, 4.69) is 18.6 Å². The highest BCUT2D eigenvalue weighted by molar-refractivity contribution is 7.90. The van der Waals surface area contributed by atoms with Gasteiger partial charge in [0.05, 0.1) is 5.25 Å². The molecule has 0 radical (unpaired) electrons. The molecule has 0 spiro atoms. The third-order valence-electron chi connectivity index (χ3n) is 2.70. The first kappa shape index (κ1) is 13.3. The van der Waals surface area contributed by atoms with Gasteiger partial charge in [-0.05, 0) is 31.1 Å². The minimum absolute atomic E-state index is 0.00313. The normalized spacial score (nSPS) is 18.1. The Hall–Kier alpha value is 0.200. The molecule has 0 amide bonds. The highest BCUT2D eigenvalue weighted by Gasteiger charge is 2.36. The van der Waals surface area contributed by atoms with E-state index < -0.39 is 10.0 Å². The summed E-state index contributed by atoms with van der Waals surface area (Å²) in [4.78, 5) is 0. The molecule has 0 atom stereocenters. The summed E-state index contributed by atoms with van der Waals surface area (Å²) in [5.41, 5.74) is -0.00313. The zero-order valence-corrected chi connectivity index (χ0v) is 11.0. The fourth-order valence-corrected chi connectivity index (χ4v) is 3.14. The highest BCUT2D eigenvalue weighted by atomic mass is 35.5. The smallest absolute Gasteiger partial charge is 0.214 e. The Morgan fingerprint density at radius 1 is 1.40 bits per heavy atom. The number of nitrogens with one attached hydrogen (secondary N) is 1. The molecule has 1 aliphatic carbocycles. The lowest BCUT2D eigenvalue weighted by Crippen LogP contribution is -2.35. The molecular weight excluding hydrogens is 234 g/mol. The summed E-state index contributed by atoms with van der Waals surface area (Å²) in [6, 6.07) is 0. The zero-order chi connectivity index (χ0) is 11.5. The molecule has 0 aromatic heterocycles. The standard InChI is InChI=1S/C10H20ClNO2S/c1-10(2,6-3-7-11)8-12-15(13,14)9-4-5-9/h9,12H,3-8H2,1-2H3. The molecule has 0 aromatic carbocycles. The number of sulfonamides is 1. The molecular formula is C10H20ClNO2S. The lowest BCUT2D eigenvalue weighted by atomic mass is 9.88. The van der Waals surface area contributed by atoms with Gasteiger partial charge in [0.2, 0.25) is 10.0 Å². The maximum atomic E-state index is 11.6. The van der Waals surface area contributed by atoms with Gasteiger partial charge in [-0.3, -0.25) is 0 Å². The molecule has 1 rings (SSSR count). The third kappa shape index (κ3) is 4.70. The molecule has 15 heavy (non-hydrogen) atoms. The monoisotopic (exact) mass is 253 g/mol. The number of hydrogen-bond acceptors (Lipinski definition) is 2. The fourth-order valence-electron chi connectivity index (χ4n) is 1.43. The molecule has 3 nitrogen and oxygen atoms in total. The SMILES string of the molecule is CC(C)(CCCCl)CNS(=O)(=O)C1CC1. The maximum absolute atomic E-state index is 11.6. The van der Waals surface area contributed by atoms with E-state index in [0.717, 1.165) is 25.7 Å². The van der Waals surface area contributed by atoms with Gasteiger partial charge in [-0.25, -0.2) is 13.1 Å². The molecule has 0 bridgehead atoms. The van der Waals surface area contributed by atoms with E-state index in [9.17, 15) is 8.42 Å². The van der Waals surface area contributed by atoms with Gasteiger partial charge in [0.25, 0.3) is 0 Å². The molecule has 1 saturated carbocycles. The maximum Gasteiger partial charge on any atom is 0.214 e. The van der Waals surface area contributed by atoms with Crippen LogP contribution in [0.25, 0.3) is 0 Å². The predicted molar refractivity (Wildman–Crippen MR) is 63.7 cm³/mol. The number of alkyl halides is 1. The van der Waals surface area contributed by atoms with Crippen LogP contribution in [0.3, 0.4) is 0 Å². The van der Waals surface area contributed by atoms with Gasteiger partial charge in [-0.2, -0.15) is 0 Å². The van der Waals surface area contributed by atoms with E-state index in [0.29, 0.717) is 12.4 Å². The van der Waals surface area contributed by atoms with Crippen LogP contribution in [0.5, 0.6) is 0 Å². The third-order valence-corrected chi connectivity index (χ3v) is 4.87. The summed E-state index contributed by atoms with van der Waals surface area (Å²) in [6.45, 7) is 4.65. The molecule has 0 unspecified atom stereocenters. The summed E-state index contributed by atoms with van der Waals surface area (Å²) in [7, 11) is -3.03. The lowest BCUT2D eigenvalue weighted by molar-refractivity contribution is 0.331. The summed E-state index contributed by atoms with van der Waals surface area (Å²) in [6.07, 6.45) is 3.51. The van der Waals surface area contributed by atoms with Crippen molar-refractivity contribution >= 4 is 21.6 Å². The van der Waals surface area contributed by atoms with Crippen molar-refractivity contribution < 1.29 is 8.42 Å². The van der Waals surface area contributed by atoms with Crippen LogP contribution in [0.15, 0.2) is 0 Å². The van der Waals surface area contributed by atoms with E-state index in [1.54, 1.807) is 0 Å². The summed E-state index contributed by atoms with van der Waals surface area (Å²) in [5, 5.41) is -0.124. The second-order valence-electron chi connectivity index (χ2n) is 5.02. The Morgan fingerprint density at radius 3 is 2.47 bits per heavy atom. The Bertz CT molecular complexity index is 297. The zero-order valence-electron chi connectivity index (χ0n) is 9.42. The van der Waals surface area contributed by atoms with Crippen LogP contribution in [-0.4, -0.2) is 26.1 Å². The van der Waals surface area contributed by atoms with E-state index >= 15 is 0 Å². The lowest BCUT2D eigenvalue weighted by Gasteiger charge is -2.24. The van der Waals surface area contributed by atoms with E-state index in [1.165, 1.54) is 0 Å². The topological polar surface area (TPSA) is 46.2 Å². The van der Waals surface area contributed by atoms with Crippen LogP contribution in [-0.2, 0) is 10.0 Å². The van der Waals surface area contributed by atoms with Gasteiger partial charge in [-0.1, -0.05) is 13.8 Å². The van der Waals surface area contributed by atoms with Gasteiger partial charge in [0, 0.05) is 12.4 Å². The Kier molecular flexibility index (Phi) is 4.44. The average Bonchev–Trinajstić information content (AvgIpc) is 2.95. The molecule has 90 valence electrons. The van der Waals surface area contributed by atoms with Crippen molar-refractivity contribution in [1.82, 2.24) is 4.72 Å². The molecule has 1 fully saturated rings. The van der Waals surface area contributed by atoms with E-state index in [-0.39, 0.29) is 10.7 Å². The first-order valence-electron chi connectivity index (χ1n) is 5.42. The number of rotatable bonds is 7. The Morgan fingerprint density at radius 2 is 2.00 bits per heavy atom. The van der Waals surface area contributed by atoms with Crippen LogP contribution < -0.4 is 4.72 Å². The quantitative estimate of drug-likeness (QED) is 0.707. The van der Waals surface area contributed by atoms with E-state index in [1.807, 2.05) is 0 Å². The first-order valence-corrected chi connectivity index (χ1v) is 7.50. The predicted octanol–water partition coefficient (Wildman–Crippen LogP) is 2.11. The summed E-state index contributed by atoms with van der Waals surface area (Å²) < 4.78 is 25.9. The Balaban J connectivity index is 2.34. The molecule has 1 N–H and O–H groups in total. The van der Waals surface area contributed by atoms with Crippen molar-refractivity contribution in [3.05, 3.63) is 0 Å². The largest absolute Gasteiger partial charge is 0.214 e. The van der Waals surface area contributed by atoms with Gasteiger partial charge in [-0.15, -0.1) is 11.6 Å². The van der Waals surface area contributed by atoms with Crippen molar-refractivity contribution in [2.24, 2.45) is 5.41 Å². The van der Waals surface area contributed by atoms with Crippen molar-refractivity contribution in [3.8, 4) is 0 Å². The molecule has 1 aliphatic rings.